The smallest absolute Gasteiger partial charge is 0.323 e. The van der Waals surface area contributed by atoms with Gasteiger partial charge in [0.15, 0.2) is 0 Å². The highest BCUT2D eigenvalue weighted by Crippen LogP contribution is 2.36. The number of nitrogens with zero attached hydrogens (tertiary/aromatic N) is 1. The van der Waals surface area contributed by atoms with E-state index in [-0.39, 0.29) is 0 Å². The zero-order chi connectivity index (χ0) is 12.4. The van der Waals surface area contributed by atoms with E-state index in [9.17, 15) is 9.90 Å². The second-order valence-corrected chi connectivity index (χ2v) is 4.00. The van der Waals surface area contributed by atoms with Crippen molar-refractivity contribution in [1.29, 1.82) is 0 Å². The van der Waals surface area contributed by atoms with E-state index in [1.54, 1.807) is 25.1 Å². The van der Waals surface area contributed by atoms with Crippen LogP contribution < -0.4 is 4.74 Å². The lowest BCUT2D eigenvalue weighted by atomic mass is 9.89. The Labute approximate surface area is 99.9 Å². The maximum absolute atomic E-state index is 11.8. The van der Waals surface area contributed by atoms with E-state index in [1.165, 1.54) is 0 Å². The number of hydrogen-bond acceptors (Lipinski definition) is 4. The van der Waals surface area contributed by atoms with Crippen molar-refractivity contribution in [2.75, 3.05) is 6.54 Å². The molecule has 1 aromatic rings. The topological polar surface area (TPSA) is 58.9 Å². The summed E-state index contributed by atoms with van der Waals surface area (Å²) < 4.78 is 5.20. The number of carbonyl (C=O) groups excluding carboxylic acids is 1. The number of carbonyl (C=O) groups is 1. The van der Waals surface area contributed by atoms with Gasteiger partial charge in [0.2, 0.25) is 0 Å². The predicted octanol–water partition coefficient (Wildman–Crippen LogP) is 1.74. The largest absolute Gasteiger partial charge is 0.426 e. The van der Waals surface area contributed by atoms with Crippen LogP contribution in [-0.4, -0.2) is 23.3 Å². The molecule has 1 N–H and O–H groups in total. The van der Waals surface area contributed by atoms with Crippen molar-refractivity contribution >= 4 is 11.7 Å². The van der Waals surface area contributed by atoms with Gasteiger partial charge in [-0.25, -0.2) is 0 Å². The van der Waals surface area contributed by atoms with E-state index >= 15 is 0 Å². The summed E-state index contributed by atoms with van der Waals surface area (Å²) in [7, 11) is 0. The van der Waals surface area contributed by atoms with E-state index in [4.69, 9.17) is 4.74 Å². The molecule has 1 aliphatic rings. The third-order valence-electron chi connectivity index (χ3n) is 2.88. The maximum atomic E-state index is 11.8. The first kappa shape index (κ1) is 11.8. The van der Waals surface area contributed by atoms with E-state index < -0.39 is 18.0 Å². The average molecular weight is 233 g/mol. The number of esters is 1. The van der Waals surface area contributed by atoms with Gasteiger partial charge < -0.3 is 9.84 Å². The number of benzene rings is 1. The van der Waals surface area contributed by atoms with Gasteiger partial charge in [-0.3, -0.25) is 9.79 Å². The summed E-state index contributed by atoms with van der Waals surface area (Å²) in [5.41, 5.74) is 1.25. The molecule has 0 radical (unpaired) electrons. The summed E-state index contributed by atoms with van der Waals surface area (Å²) in [4.78, 5) is 16.0. The van der Waals surface area contributed by atoms with E-state index in [0.29, 0.717) is 23.6 Å². The molecule has 0 fully saturated rings. The molecule has 2 rings (SSSR count). The van der Waals surface area contributed by atoms with Crippen LogP contribution in [0.1, 0.15) is 25.5 Å². The number of aliphatic imine (C=N–C) groups is 1. The molecule has 4 heteroatoms. The fourth-order valence-electron chi connectivity index (χ4n) is 2.04. The van der Waals surface area contributed by atoms with Crippen LogP contribution in [0.4, 0.5) is 0 Å². The minimum atomic E-state index is -0.872. The van der Waals surface area contributed by atoms with Crippen molar-refractivity contribution in [3.8, 4) is 5.75 Å². The Hall–Kier alpha value is -1.68. The van der Waals surface area contributed by atoms with Crippen molar-refractivity contribution in [2.45, 2.75) is 20.0 Å². The average Bonchev–Trinajstić information content (AvgIpc) is 2.29. The lowest BCUT2D eigenvalue weighted by molar-refractivity contribution is -0.141. The van der Waals surface area contributed by atoms with Crippen molar-refractivity contribution < 1.29 is 14.6 Å². The molecular formula is C13H15NO3. The van der Waals surface area contributed by atoms with Gasteiger partial charge >= 0.3 is 5.97 Å². The van der Waals surface area contributed by atoms with Crippen molar-refractivity contribution in [2.24, 2.45) is 10.9 Å². The van der Waals surface area contributed by atoms with E-state index in [1.807, 2.05) is 13.0 Å². The molecule has 2 unspecified atom stereocenters. The minimum absolute atomic E-state index is 0.436. The van der Waals surface area contributed by atoms with Crippen LogP contribution in [0.5, 0.6) is 5.75 Å². The number of aliphatic hydroxyl groups excluding tert-OH is 1. The van der Waals surface area contributed by atoms with Crippen LogP contribution in [0.3, 0.4) is 0 Å². The molecule has 0 bridgehead atoms. The van der Waals surface area contributed by atoms with E-state index in [2.05, 4.69) is 4.99 Å². The van der Waals surface area contributed by atoms with Gasteiger partial charge in [-0.1, -0.05) is 18.2 Å². The molecule has 0 aliphatic carbocycles. The van der Waals surface area contributed by atoms with Gasteiger partial charge in [-0.2, -0.15) is 0 Å². The van der Waals surface area contributed by atoms with Gasteiger partial charge in [0.05, 0.1) is 0 Å². The first-order chi connectivity index (χ1) is 8.15. The molecule has 0 saturated carbocycles. The number of ether oxygens (including phenoxy) is 1. The third-order valence-corrected chi connectivity index (χ3v) is 2.88. The Bertz CT molecular complexity index is 467. The molecule has 1 heterocycles. The van der Waals surface area contributed by atoms with Crippen molar-refractivity contribution in [3.05, 3.63) is 29.8 Å². The van der Waals surface area contributed by atoms with Crippen molar-refractivity contribution in [1.82, 2.24) is 0 Å². The highest BCUT2D eigenvalue weighted by molar-refractivity contribution is 6.03. The maximum Gasteiger partial charge on any atom is 0.323 e. The molecule has 0 spiro atoms. The molecule has 1 aromatic carbocycles. The summed E-state index contributed by atoms with van der Waals surface area (Å²) in [5.74, 6) is -0.693. The Morgan fingerprint density at radius 3 is 2.88 bits per heavy atom. The van der Waals surface area contributed by atoms with Crippen LogP contribution in [0.15, 0.2) is 29.3 Å². The summed E-state index contributed by atoms with van der Waals surface area (Å²) in [5, 5.41) is 10.2. The molecular weight excluding hydrogens is 218 g/mol. The summed E-state index contributed by atoms with van der Waals surface area (Å²) in [6, 6.07) is 7.02. The van der Waals surface area contributed by atoms with Gasteiger partial charge in [-0.05, 0) is 19.9 Å². The summed E-state index contributed by atoms with van der Waals surface area (Å²) in [6.45, 7) is 4.22. The molecule has 0 amide bonds. The number of fused-ring (bicyclic) bond motifs is 1. The Morgan fingerprint density at radius 2 is 2.18 bits per heavy atom. The normalized spacial score (nSPS) is 24.2. The number of hydrogen-bond donors (Lipinski definition) is 1. The second kappa shape index (κ2) is 4.67. The third kappa shape index (κ3) is 2.08. The van der Waals surface area contributed by atoms with Crippen LogP contribution in [0, 0.1) is 5.92 Å². The zero-order valence-corrected chi connectivity index (χ0v) is 9.88. The first-order valence-corrected chi connectivity index (χ1v) is 5.64. The summed E-state index contributed by atoms with van der Waals surface area (Å²) in [6.07, 6.45) is -0.872. The van der Waals surface area contributed by atoms with Gasteiger partial charge in [-0.15, -0.1) is 0 Å². The standard InChI is InChI=1S/C13H15NO3/c1-3-14-8(2)11-12(15)9-6-4-5-7-10(9)17-13(11)16/h4-7,11-12,15H,3H2,1-2H3. The molecule has 4 nitrogen and oxygen atoms in total. The quantitative estimate of drug-likeness (QED) is 0.481. The molecule has 90 valence electrons. The fraction of sp³-hybridized carbons (Fsp3) is 0.385. The first-order valence-electron chi connectivity index (χ1n) is 5.64. The lowest BCUT2D eigenvalue weighted by Gasteiger charge is -2.28. The lowest BCUT2D eigenvalue weighted by Crippen LogP contribution is -2.36. The Morgan fingerprint density at radius 1 is 1.47 bits per heavy atom. The van der Waals surface area contributed by atoms with Crippen molar-refractivity contribution in [3.63, 3.8) is 0 Å². The molecule has 0 saturated heterocycles. The minimum Gasteiger partial charge on any atom is -0.426 e. The number of aliphatic hydroxyl groups is 1. The molecule has 17 heavy (non-hydrogen) atoms. The SMILES string of the molecule is CCN=C(C)C1C(=O)Oc2ccccc2C1O. The van der Waals surface area contributed by atoms with Crippen LogP contribution >= 0.6 is 0 Å². The highest BCUT2D eigenvalue weighted by atomic mass is 16.5. The Kier molecular flexibility index (Phi) is 3.24. The number of rotatable bonds is 2. The van der Waals surface area contributed by atoms with Crippen LogP contribution in [-0.2, 0) is 4.79 Å². The van der Waals surface area contributed by atoms with Gasteiger partial charge in [0.25, 0.3) is 0 Å². The number of para-hydroxylation sites is 1. The predicted molar refractivity (Wildman–Crippen MR) is 64.2 cm³/mol. The van der Waals surface area contributed by atoms with Crippen LogP contribution in [0.25, 0.3) is 0 Å². The van der Waals surface area contributed by atoms with Gasteiger partial charge in [0, 0.05) is 17.8 Å². The Balaban J connectivity index is 2.40. The molecule has 1 aliphatic heterocycles. The van der Waals surface area contributed by atoms with Crippen LogP contribution in [0.2, 0.25) is 0 Å². The summed E-state index contributed by atoms with van der Waals surface area (Å²) >= 11 is 0. The second-order valence-electron chi connectivity index (χ2n) is 4.00. The monoisotopic (exact) mass is 233 g/mol. The molecule has 0 aromatic heterocycles. The van der Waals surface area contributed by atoms with Gasteiger partial charge in [0.1, 0.15) is 17.8 Å². The highest BCUT2D eigenvalue weighted by Gasteiger charge is 2.38. The zero-order valence-electron chi connectivity index (χ0n) is 9.88. The van der Waals surface area contributed by atoms with E-state index in [0.717, 1.165) is 0 Å². The fourth-order valence-corrected chi connectivity index (χ4v) is 2.04. The molecule has 2 atom stereocenters.